The Bertz CT molecular complexity index is 688. The summed E-state index contributed by atoms with van der Waals surface area (Å²) in [5.41, 5.74) is 0.926. The Morgan fingerprint density at radius 2 is 1.96 bits per heavy atom. The van der Waals surface area contributed by atoms with Gasteiger partial charge in [-0.1, -0.05) is 37.3 Å². The third kappa shape index (κ3) is 6.16. The lowest BCUT2D eigenvalue weighted by molar-refractivity contribution is -0.133. The van der Waals surface area contributed by atoms with Crippen LogP contribution in [0.1, 0.15) is 31.7 Å². The molecule has 6 nitrogen and oxygen atoms in total. The number of nitrogens with one attached hydrogen (secondary N) is 1. The fraction of sp³-hybridized carbons (Fsp3) is 0.556. The minimum absolute atomic E-state index is 0.0547. The molecular weight excluding hydrogens is 340 g/mol. The highest BCUT2D eigenvalue weighted by Gasteiger charge is 2.33. The van der Waals surface area contributed by atoms with E-state index < -0.39 is 9.84 Å². The van der Waals surface area contributed by atoms with E-state index in [1.165, 1.54) is 0 Å². The van der Waals surface area contributed by atoms with Crippen molar-refractivity contribution < 1.29 is 18.0 Å². The maximum Gasteiger partial charge on any atom is 0.224 e. The molecule has 1 N–H and O–H groups in total. The van der Waals surface area contributed by atoms with Crippen LogP contribution >= 0.6 is 0 Å². The van der Waals surface area contributed by atoms with E-state index in [0.717, 1.165) is 12.0 Å². The molecule has 1 atom stereocenters. The number of rotatable bonds is 8. The average Bonchev–Trinajstić information content (AvgIpc) is 2.93. The standard InChI is InChI=1S/C18H26N2O4S/c1-2-11-20(16-9-12-25(23,24)14-16)18(22)8-10-19-17(21)13-15-6-4-3-5-7-15/h3-7,16H,2,8-14H2,1H3,(H,19,21). The van der Waals surface area contributed by atoms with Crippen LogP contribution in [0.5, 0.6) is 0 Å². The van der Waals surface area contributed by atoms with Gasteiger partial charge in [0.05, 0.1) is 17.9 Å². The van der Waals surface area contributed by atoms with Crippen LogP contribution in [0.25, 0.3) is 0 Å². The SMILES string of the molecule is CCCN(C(=O)CCNC(=O)Cc1ccccc1)C1CCS(=O)(=O)C1. The fourth-order valence-electron chi connectivity index (χ4n) is 3.07. The molecule has 1 saturated heterocycles. The van der Waals surface area contributed by atoms with Crippen LogP contribution in [0.2, 0.25) is 0 Å². The van der Waals surface area contributed by atoms with Gasteiger partial charge in [-0.05, 0) is 18.4 Å². The average molecular weight is 366 g/mol. The third-order valence-corrected chi connectivity index (χ3v) is 6.05. The van der Waals surface area contributed by atoms with Gasteiger partial charge in [0.2, 0.25) is 11.8 Å². The molecule has 0 bridgehead atoms. The molecule has 0 aromatic heterocycles. The molecule has 1 heterocycles. The molecule has 138 valence electrons. The number of amides is 2. The van der Waals surface area contributed by atoms with Crippen molar-refractivity contribution in [1.29, 1.82) is 0 Å². The first-order chi connectivity index (χ1) is 11.9. The van der Waals surface area contributed by atoms with E-state index in [0.29, 0.717) is 13.0 Å². The first kappa shape index (κ1) is 19.4. The summed E-state index contributed by atoms with van der Waals surface area (Å²) in [6.07, 6.45) is 1.77. The molecule has 1 aromatic carbocycles. The first-order valence-corrected chi connectivity index (χ1v) is 10.5. The highest BCUT2D eigenvalue weighted by Crippen LogP contribution is 2.18. The van der Waals surface area contributed by atoms with Crippen LogP contribution in [0.4, 0.5) is 0 Å². The van der Waals surface area contributed by atoms with Gasteiger partial charge in [-0.2, -0.15) is 0 Å². The highest BCUT2D eigenvalue weighted by atomic mass is 32.2. The van der Waals surface area contributed by atoms with Crippen molar-refractivity contribution in [2.24, 2.45) is 0 Å². The van der Waals surface area contributed by atoms with E-state index >= 15 is 0 Å². The summed E-state index contributed by atoms with van der Waals surface area (Å²) in [6.45, 7) is 2.78. The lowest BCUT2D eigenvalue weighted by Gasteiger charge is -2.28. The Hall–Kier alpha value is -1.89. The van der Waals surface area contributed by atoms with Crippen LogP contribution in [0.3, 0.4) is 0 Å². The van der Waals surface area contributed by atoms with Gasteiger partial charge in [0.1, 0.15) is 0 Å². The highest BCUT2D eigenvalue weighted by molar-refractivity contribution is 7.91. The van der Waals surface area contributed by atoms with Crippen LogP contribution in [0, 0.1) is 0 Å². The van der Waals surface area contributed by atoms with Gasteiger partial charge in [0.15, 0.2) is 9.84 Å². The Labute approximate surface area is 149 Å². The molecule has 7 heteroatoms. The fourth-order valence-corrected chi connectivity index (χ4v) is 4.80. The van der Waals surface area contributed by atoms with E-state index in [2.05, 4.69) is 5.32 Å². The molecule has 0 saturated carbocycles. The number of sulfone groups is 1. The summed E-state index contributed by atoms with van der Waals surface area (Å²) in [7, 11) is -3.02. The zero-order valence-electron chi connectivity index (χ0n) is 14.6. The topological polar surface area (TPSA) is 83.6 Å². The van der Waals surface area contributed by atoms with Gasteiger partial charge < -0.3 is 10.2 Å². The smallest absolute Gasteiger partial charge is 0.224 e. The molecule has 0 aliphatic carbocycles. The van der Waals surface area contributed by atoms with Crippen molar-refractivity contribution in [3.05, 3.63) is 35.9 Å². The van der Waals surface area contributed by atoms with Crippen molar-refractivity contribution in [1.82, 2.24) is 10.2 Å². The number of nitrogens with zero attached hydrogens (tertiary/aromatic N) is 1. The molecule has 0 radical (unpaired) electrons. The van der Waals surface area contributed by atoms with Crippen molar-refractivity contribution in [2.45, 2.75) is 38.6 Å². The summed E-state index contributed by atoms with van der Waals surface area (Å²) >= 11 is 0. The van der Waals surface area contributed by atoms with E-state index in [9.17, 15) is 18.0 Å². The first-order valence-electron chi connectivity index (χ1n) is 8.72. The van der Waals surface area contributed by atoms with E-state index in [1.54, 1.807) is 4.90 Å². The predicted molar refractivity (Wildman–Crippen MR) is 96.8 cm³/mol. The summed E-state index contributed by atoms with van der Waals surface area (Å²) in [5, 5.41) is 2.76. The second-order valence-corrected chi connectivity index (χ2v) is 8.64. The molecule has 25 heavy (non-hydrogen) atoms. The monoisotopic (exact) mass is 366 g/mol. The van der Waals surface area contributed by atoms with Gasteiger partial charge in [0.25, 0.3) is 0 Å². The minimum atomic E-state index is -3.02. The lowest BCUT2D eigenvalue weighted by atomic mass is 10.1. The van der Waals surface area contributed by atoms with Gasteiger partial charge in [-0.25, -0.2) is 8.42 Å². The van der Waals surface area contributed by atoms with Crippen LogP contribution < -0.4 is 5.32 Å². The Morgan fingerprint density at radius 3 is 2.56 bits per heavy atom. The lowest BCUT2D eigenvalue weighted by Crippen LogP contribution is -2.43. The molecule has 1 fully saturated rings. The van der Waals surface area contributed by atoms with Crippen LogP contribution in [0.15, 0.2) is 30.3 Å². The number of hydrogen-bond acceptors (Lipinski definition) is 4. The maximum absolute atomic E-state index is 12.5. The molecule has 2 amide bonds. The third-order valence-electron chi connectivity index (χ3n) is 4.30. The molecule has 0 spiro atoms. The zero-order chi connectivity index (χ0) is 18.3. The number of benzene rings is 1. The van der Waals surface area contributed by atoms with Gasteiger partial charge >= 0.3 is 0 Å². The van der Waals surface area contributed by atoms with Crippen molar-refractivity contribution in [3.8, 4) is 0 Å². The molecule has 1 aliphatic rings. The zero-order valence-corrected chi connectivity index (χ0v) is 15.4. The largest absolute Gasteiger partial charge is 0.355 e. The number of carbonyl (C=O) groups is 2. The van der Waals surface area contributed by atoms with Crippen LogP contribution in [-0.2, 0) is 25.8 Å². The maximum atomic E-state index is 12.5. The molecule has 1 aliphatic heterocycles. The van der Waals surface area contributed by atoms with Crippen molar-refractivity contribution >= 4 is 21.7 Å². The Kier molecular flexibility index (Phi) is 6.99. The van der Waals surface area contributed by atoms with Gasteiger partial charge in [-0.3, -0.25) is 9.59 Å². The number of carbonyl (C=O) groups excluding carboxylic acids is 2. The Morgan fingerprint density at radius 1 is 1.24 bits per heavy atom. The molecule has 1 aromatic rings. The summed E-state index contributed by atoms with van der Waals surface area (Å²) in [5.74, 6) is -0.00797. The van der Waals surface area contributed by atoms with E-state index in [4.69, 9.17) is 0 Å². The predicted octanol–water partition coefficient (Wildman–Crippen LogP) is 1.16. The molecule has 2 rings (SSSR count). The van der Waals surface area contributed by atoms with Gasteiger partial charge in [0, 0.05) is 25.6 Å². The summed E-state index contributed by atoms with van der Waals surface area (Å²) in [4.78, 5) is 26.0. The number of hydrogen-bond donors (Lipinski definition) is 1. The summed E-state index contributed by atoms with van der Waals surface area (Å²) in [6, 6.07) is 9.20. The van der Waals surface area contributed by atoms with Crippen molar-refractivity contribution in [3.63, 3.8) is 0 Å². The minimum Gasteiger partial charge on any atom is -0.355 e. The molecular formula is C18H26N2O4S. The quantitative estimate of drug-likeness (QED) is 0.748. The summed E-state index contributed by atoms with van der Waals surface area (Å²) < 4.78 is 23.3. The second-order valence-electron chi connectivity index (χ2n) is 6.41. The van der Waals surface area contributed by atoms with E-state index in [1.807, 2.05) is 37.3 Å². The molecule has 1 unspecified atom stereocenters. The normalized spacial score (nSPS) is 18.7. The van der Waals surface area contributed by atoms with E-state index in [-0.39, 0.29) is 48.7 Å². The Balaban J connectivity index is 1.80. The van der Waals surface area contributed by atoms with Crippen molar-refractivity contribution in [2.75, 3.05) is 24.6 Å². The van der Waals surface area contributed by atoms with Gasteiger partial charge in [-0.15, -0.1) is 0 Å². The second kappa shape index (κ2) is 8.99. The van der Waals surface area contributed by atoms with Crippen LogP contribution in [-0.4, -0.2) is 55.8 Å².